The fraction of sp³-hybridized carbons (Fsp3) is 0.385. The minimum Gasteiger partial charge on any atom is -0.322 e. The van der Waals surface area contributed by atoms with E-state index in [-0.39, 0.29) is 12.5 Å². The number of hydrogen-bond donors (Lipinski definition) is 1. The molecule has 5 rings (SSSR count). The molecule has 35 heavy (non-hydrogen) atoms. The summed E-state index contributed by atoms with van der Waals surface area (Å²) in [6.07, 6.45) is 3.07. The van der Waals surface area contributed by atoms with Crippen molar-refractivity contribution < 1.29 is 13.2 Å². The first-order valence-electron chi connectivity index (χ1n) is 12.1. The maximum atomic E-state index is 13.2. The highest BCUT2D eigenvalue weighted by atomic mass is 32.2. The number of hydrogen-bond acceptors (Lipinski definition) is 5. The van der Waals surface area contributed by atoms with E-state index in [9.17, 15) is 13.2 Å². The first kappa shape index (κ1) is 23.7. The van der Waals surface area contributed by atoms with Gasteiger partial charge in [-0.25, -0.2) is 13.1 Å². The molecule has 1 N–H and O–H groups in total. The minimum absolute atomic E-state index is 0.126. The van der Waals surface area contributed by atoms with Gasteiger partial charge in [-0.1, -0.05) is 24.3 Å². The highest BCUT2D eigenvalue weighted by Gasteiger charge is 2.30. The van der Waals surface area contributed by atoms with Crippen molar-refractivity contribution in [1.29, 1.82) is 0 Å². The molecule has 0 atom stereocenters. The number of rotatable bonds is 6. The Kier molecular flexibility index (Phi) is 6.48. The molecule has 1 aromatic heterocycles. The molecule has 3 aromatic rings. The Morgan fingerprint density at radius 3 is 2.43 bits per heavy atom. The van der Waals surface area contributed by atoms with Crippen LogP contribution in [0.2, 0.25) is 0 Å². The highest BCUT2D eigenvalue weighted by molar-refractivity contribution is 7.89. The zero-order valence-corrected chi connectivity index (χ0v) is 21.0. The van der Waals surface area contributed by atoms with Crippen molar-refractivity contribution in [3.8, 4) is 5.69 Å². The van der Waals surface area contributed by atoms with Crippen LogP contribution in [0.15, 0.2) is 53.4 Å². The summed E-state index contributed by atoms with van der Waals surface area (Å²) in [5, 5.41) is 7.59. The Labute approximate surface area is 206 Å². The van der Waals surface area contributed by atoms with E-state index in [2.05, 4.69) is 10.4 Å². The van der Waals surface area contributed by atoms with E-state index >= 15 is 0 Å². The van der Waals surface area contributed by atoms with Gasteiger partial charge in [0, 0.05) is 26.2 Å². The van der Waals surface area contributed by atoms with E-state index in [1.807, 2.05) is 65.9 Å². The lowest BCUT2D eigenvalue weighted by Gasteiger charge is -2.33. The van der Waals surface area contributed by atoms with E-state index in [1.54, 1.807) is 6.07 Å². The van der Waals surface area contributed by atoms with Crippen molar-refractivity contribution in [2.75, 3.05) is 38.0 Å². The van der Waals surface area contributed by atoms with E-state index < -0.39 is 10.0 Å². The maximum Gasteiger partial charge on any atom is 0.243 e. The van der Waals surface area contributed by atoms with Gasteiger partial charge in [-0.05, 0) is 68.5 Å². The molecule has 8 nitrogen and oxygen atoms in total. The third-order valence-corrected chi connectivity index (χ3v) is 8.86. The monoisotopic (exact) mass is 493 g/mol. The lowest BCUT2D eigenvalue weighted by Crippen LogP contribution is -2.50. The van der Waals surface area contributed by atoms with Crippen LogP contribution in [0.4, 0.5) is 5.69 Å². The van der Waals surface area contributed by atoms with Crippen molar-refractivity contribution in [3.05, 3.63) is 71.0 Å². The molecule has 0 saturated carbocycles. The lowest BCUT2D eigenvalue weighted by molar-refractivity contribution is -0.117. The van der Waals surface area contributed by atoms with Gasteiger partial charge in [0.2, 0.25) is 15.9 Å². The van der Waals surface area contributed by atoms with Gasteiger partial charge < -0.3 is 5.32 Å². The summed E-state index contributed by atoms with van der Waals surface area (Å²) >= 11 is 0. The van der Waals surface area contributed by atoms with Crippen molar-refractivity contribution in [3.63, 3.8) is 0 Å². The average molecular weight is 494 g/mol. The van der Waals surface area contributed by atoms with Crippen LogP contribution in [0, 0.1) is 13.8 Å². The summed E-state index contributed by atoms with van der Waals surface area (Å²) in [5.74, 6) is -0.126. The Morgan fingerprint density at radius 1 is 0.971 bits per heavy atom. The predicted molar refractivity (Wildman–Crippen MR) is 135 cm³/mol. The zero-order chi connectivity index (χ0) is 24.6. The molecule has 1 aliphatic carbocycles. The smallest absolute Gasteiger partial charge is 0.243 e. The number of benzene rings is 2. The fourth-order valence-corrected chi connectivity index (χ4v) is 6.49. The Morgan fingerprint density at radius 2 is 1.69 bits per heavy atom. The van der Waals surface area contributed by atoms with Crippen LogP contribution in [-0.2, 0) is 27.7 Å². The van der Waals surface area contributed by atoms with Crippen LogP contribution in [0.1, 0.15) is 28.9 Å². The number of aryl methyl sites for hydroxylation is 3. The second-order valence-electron chi connectivity index (χ2n) is 9.31. The molecule has 0 radical (unpaired) electrons. The number of aromatic nitrogens is 2. The molecule has 2 heterocycles. The fourth-order valence-electron chi connectivity index (χ4n) is 5.01. The Bertz CT molecular complexity index is 1340. The van der Waals surface area contributed by atoms with Gasteiger partial charge in [-0.15, -0.1) is 0 Å². The number of carbonyl (C=O) groups is 1. The molecule has 0 unspecified atom stereocenters. The average Bonchev–Trinajstić information content (AvgIpc) is 3.44. The molecule has 184 valence electrons. The second-order valence-corrected chi connectivity index (χ2v) is 11.2. The van der Waals surface area contributed by atoms with E-state index in [0.717, 1.165) is 47.6 Å². The van der Waals surface area contributed by atoms with Crippen LogP contribution in [-0.4, -0.2) is 66.0 Å². The van der Waals surface area contributed by atoms with E-state index in [1.165, 1.54) is 9.87 Å². The first-order chi connectivity index (χ1) is 16.8. The molecule has 0 bridgehead atoms. The Balaban J connectivity index is 1.19. The third kappa shape index (κ3) is 4.76. The number of amides is 1. The topological polar surface area (TPSA) is 87.5 Å². The summed E-state index contributed by atoms with van der Waals surface area (Å²) < 4.78 is 29.7. The number of para-hydroxylation sites is 1. The van der Waals surface area contributed by atoms with E-state index in [0.29, 0.717) is 31.1 Å². The quantitative estimate of drug-likeness (QED) is 0.571. The number of nitrogens with zero attached hydrogens (tertiary/aromatic N) is 4. The summed E-state index contributed by atoms with van der Waals surface area (Å²) in [6.45, 7) is 5.79. The number of sulfonamides is 1. The van der Waals surface area contributed by atoms with Gasteiger partial charge in [0.1, 0.15) is 0 Å². The highest BCUT2D eigenvalue weighted by Crippen LogP contribution is 2.27. The first-order valence-corrected chi connectivity index (χ1v) is 13.5. The number of nitrogens with one attached hydrogen (secondary N) is 1. The molecular weight excluding hydrogens is 462 g/mol. The van der Waals surface area contributed by atoms with Crippen LogP contribution in [0.3, 0.4) is 0 Å². The number of piperazine rings is 1. The second kappa shape index (κ2) is 9.56. The molecule has 1 aliphatic heterocycles. The maximum absolute atomic E-state index is 13.2. The molecule has 1 saturated heterocycles. The van der Waals surface area contributed by atoms with Crippen LogP contribution >= 0.6 is 0 Å². The summed E-state index contributed by atoms with van der Waals surface area (Å²) in [7, 11) is -3.52. The Hall–Kier alpha value is -3.01. The lowest BCUT2D eigenvalue weighted by atomic mass is 10.1. The molecule has 2 aromatic carbocycles. The van der Waals surface area contributed by atoms with Crippen LogP contribution in [0.5, 0.6) is 0 Å². The predicted octanol–water partition coefficient (Wildman–Crippen LogP) is 2.92. The standard InChI is InChI=1S/C26H31N5O3S/c1-19-26(20(2)31(28-19)23-9-4-3-5-10-23)27-25(32)18-29-13-15-30(16-14-29)35(33,34)24-12-11-21-7-6-8-22(21)17-24/h3-5,9-12,17H,6-8,13-16,18H2,1-2H3,(H,27,32). The summed E-state index contributed by atoms with van der Waals surface area (Å²) in [4.78, 5) is 15.2. The van der Waals surface area contributed by atoms with Crippen molar-refractivity contribution in [2.45, 2.75) is 38.0 Å². The molecule has 0 spiro atoms. The van der Waals surface area contributed by atoms with Crippen LogP contribution < -0.4 is 5.32 Å². The number of carbonyl (C=O) groups excluding carboxylic acids is 1. The number of fused-ring (bicyclic) bond motifs is 1. The normalized spacial score (nSPS) is 16.9. The number of anilines is 1. The van der Waals surface area contributed by atoms with Gasteiger partial charge >= 0.3 is 0 Å². The van der Waals surface area contributed by atoms with Gasteiger partial charge in [0.25, 0.3) is 0 Å². The molecule has 9 heteroatoms. The van der Waals surface area contributed by atoms with Gasteiger partial charge in [-0.2, -0.15) is 9.40 Å². The largest absolute Gasteiger partial charge is 0.322 e. The molecular formula is C26H31N5O3S. The van der Waals surface area contributed by atoms with Gasteiger partial charge in [0.15, 0.2) is 0 Å². The molecule has 1 amide bonds. The molecule has 1 fully saturated rings. The SMILES string of the molecule is Cc1nn(-c2ccccc2)c(C)c1NC(=O)CN1CCN(S(=O)(=O)c2ccc3c(c2)CCC3)CC1. The minimum atomic E-state index is -3.52. The van der Waals surface area contributed by atoms with Gasteiger partial charge in [0.05, 0.1) is 34.2 Å². The van der Waals surface area contributed by atoms with Crippen molar-refractivity contribution in [2.24, 2.45) is 0 Å². The van der Waals surface area contributed by atoms with E-state index in [4.69, 9.17) is 0 Å². The molecule has 2 aliphatic rings. The van der Waals surface area contributed by atoms with Gasteiger partial charge in [-0.3, -0.25) is 9.69 Å². The summed E-state index contributed by atoms with van der Waals surface area (Å²) in [6, 6.07) is 15.3. The zero-order valence-electron chi connectivity index (χ0n) is 20.2. The van der Waals surface area contributed by atoms with Crippen molar-refractivity contribution >= 4 is 21.6 Å². The summed E-state index contributed by atoms with van der Waals surface area (Å²) in [5.41, 5.74) is 5.70. The van der Waals surface area contributed by atoms with Crippen molar-refractivity contribution in [1.82, 2.24) is 19.0 Å². The van der Waals surface area contributed by atoms with Crippen LogP contribution in [0.25, 0.3) is 5.69 Å². The third-order valence-electron chi connectivity index (χ3n) is 6.96.